The zero-order valence-electron chi connectivity index (χ0n) is 4.44. The van der Waals surface area contributed by atoms with Gasteiger partial charge >= 0.3 is 0 Å². The molecule has 1 rings (SSSR count). The van der Waals surface area contributed by atoms with Gasteiger partial charge < -0.3 is 0 Å². The molecule has 0 N–H and O–H groups in total. The van der Waals surface area contributed by atoms with Crippen molar-refractivity contribution in [3.8, 4) is 0 Å². The average molecular weight is 92.1 g/mol. The van der Waals surface area contributed by atoms with E-state index in [9.17, 15) is 0 Å². The van der Waals surface area contributed by atoms with Gasteiger partial charge in [0, 0.05) is 0 Å². The van der Waals surface area contributed by atoms with E-state index in [0.29, 0.717) is 0 Å². The molecule has 0 aromatic heterocycles. The molecule has 1 aliphatic rings. The summed E-state index contributed by atoms with van der Waals surface area (Å²) in [5.74, 6) is 0. The van der Waals surface area contributed by atoms with Crippen LogP contribution in [0.15, 0.2) is 29.5 Å². The highest BCUT2D eigenvalue weighted by Gasteiger charge is 1.85. The van der Waals surface area contributed by atoms with E-state index in [2.05, 4.69) is 18.7 Å². The highest BCUT2D eigenvalue weighted by atomic mass is 13.9. The predicted molar refractivity (Wildman–Crippen MR) is 31.0 cm³/mol. The van der Waals surface area contributed by atoms with Crippen LogP contribution in [-0.2, 0) is 0 Å². The molecule has 0 spiro atoms. The molecule has 0 aliphatic heterocycles. The first-order chi connectivity index (χ1) is 3.43. The second-order valence-corrected chi connectivity index (χ2v) is 1.55. The molecular formula is C7H8. The third kappa shape index (κ3) is 0.819. The van der Waals surface area contributed by atoms with Crippen LogP contribution in [0.2, 0.25) is 0 Å². The Morgan fingerprint density at radius 1 is 1.71 bits per heavy atom. The van der Waals surface area contributed by atoms with Crippen molar-refractivity contribution in [1.82, 2.24) is 0 Å². The molecule has 7 heavy (non-hydrogen) atoms. The van der Waals surface area contributed by atoms with Crippen LogP contribution >= 0.6 is 0 Å². The minimum Gasteiger partial charge on any atom is -0.117 e. The molecule has 0 amide bonds. The van der Waals surface area contributed by atoms with E-state index in [1.54, 1.807) is 0 Å². The molecule has 0 aromatic rings. The van der Waals surface area contributed by atoms with Gasteiger partial charge in [-0.15, -0.1) is 5.73 Å². The molecule has 0 saturated carbocycles. The molecule has 36 valence electrons. The minimum absolute atomic E-state index is 1.10. The Hall–Kier alpha value is -0.740. The second kappa shape index (κ2) is 1.81. The van der Waals surface area contributed by atoms with Gasteiger partial charge in [0.05, 0.1) is 0 Å². The van der Waals surface area contributed by atoms with E-state index in [-0.39, 0.29) is 0 Å². The lowest BCUT2D eigenvalue weighted by atomic mass is 10.2. The van der Waals surface area contributed by atoms with Crippen LogP contribution in [-0.4, -0.2) is 0 Å². The highest BCUT2D eigenvalue weighted by molar-refractivity contribution is 5.28. The molecule has 0 aromatic carbocycles. The zero-order valence-corrected chi connectivity index (χ0v) is 4.44. The Morgan fingerprint density at radius 2 is 2.57 bits per heavy atom. The summed E-state index contributed by atoms with van der Waals surface area (Å²) in [4.78, 5) is 0. The maximum absolute atomic E-state index is 3.09. The normalized spacial score (nSPS) is 15.3. The lowest BCUT2D eigenvalue weighted by Crippen LogP contribution is -1.62. The fourth-order valence-electron chi connectivity index (χ4n) is 0.587. The summed E-state index contributed by atoms with van der Waals surface area (Å²) in [5, 5.41) is 0. The van der Waals surface area contributed by atoms with Crippen LogP contribution in [0.25, 0.3) is 0 Å². The quantitative estimate of drug-likeness (QED) is 0.434. The van der Waals surface area contributed by atoms with Gasteiger partial charge in [-0.05, 0) is 18.1 Å². The zero-order chi connectivity index (χ0) is 5.11. The molecule has 0 saturated heterocycles. The lowest BCUT2D eigenvalue weighted by molar-refractivity contribution is 1.16. The van der Waals surface area contributed by atoms with Crippen LogP contribution in [0.5, 0.6) is 0 Å². The first-order valence-corrected chi connectivity index (χ1v) is 2.55. The van der Waals surface area contributed by atoms with Crippen LogP contribution in [0.4, 0.5) is 0 Å². The standard InChI is InChI=1S/C7H8/c1-2-7-5-3-4-6-7/h3-5H,2H2,1H3. The van der Waals surface area contributed by atoms with E-state index >= 15 is 0 Å². The summed E-state index contributed by atoms with van der Waals surface area (Å²) >= 11 is 0. The maximum atomic E-state index is 3.09. The summed E-state index contributed by atoms with van der Waals surface area (Å²) in [6, 6.07) is 0. The summed E-state index contributed by atoms with van der Waals surface area (Å²) < 4.78 is 0. The van der Waals surface area contributed by atoms with E-state index in [1.807, 2.05) is 12.2 Å². The highest BCUT2D eigenvalue weighted by Crippen LogP contribution is 2.04. The van der Waals surface area contributed by atoms with Gasteiger partial charge in [-0.3, -0.25) is 0 Å². The van der Waals surface area contributed by atoms with Gasteiger partial charge in [-0.2, -0.15) is 0 Å². The number of hydrogen-bond donors (Lipinski definition) is 0. The van der Waals surface area contributed by atoms with E-state index in [4.69, 9.17) is 0 Å². The third-order valence-electron chi connectivity index (χ3n) is 1.04. The first kappa shape index (κ1) is 4.42. The Labute approximate surface area is 43.9 Å². The van der Waals surface area contributed by atoms with E-state index in [0.717, 1.165) is 6.42 Å². The summed E-state index contributed by atoms with van der Waals surface area (Å²) in [5.41, 5.74) is 4.39. The van der Waals surface area contributed by atoms with E-state index < -0.39 is 0 Å². The van der Waals surface area contributed by atoms with Gasteiger partial charge in [-0.1, -0.05) is 19.1 Å². The van der Waals surface area contributed by atoms with Crippen LogP contribution in [0.1, 0.15) is 13.3 Å². The number of allylic oxidation sites excluding steroid dienone is 3. The first-order valence-electron chi connectivity index (χ1n) is 2.55. The molecule has 0 heterocycles. The average Bonchev–Trinajstić information content (AvgIpc) is 2.14. The maximum Gasteiger partial charge on any atom is -0.00629 e. The van der Waals surface area contributed by atoms with Crippen molar-refractivity contribution in [1.29, 1.82) is 0 Å². The van der Waals surface area contributed by atoms with Crippen molar-refractivity contribution in [3.05, 3.63) is 29.5 Å². The Bertz CT molecular complexity index is 143. The van der Waals surface area contributed by atoms with Crippen molar-refractivity contribution in [2.45, 2.75) is 13.3 Å². The van der Waals surface area contributed by atoms with Crippen molar-refractivity contribution < 1.29 is 0 Å². The number of rotatable bonds is 1. The van der Waals surface area contributed by atoms with Gasteiger partial charge in [0.15, 0.2) is 0 Å². The van der Waals surface area contributed by atoms with Gasteiger partial charge in [0.25, 0.3) is 0 Å². The minimum atomic E-state index is 1.10. The Balaban J connectivity index is 2.72. The Morgan fingerprint density at radius 3 is 2.86 bits per heavy atom. The van der Waals surface area contributed by atoms with Crippen LogP contribution in [0.3, 0.4) is 0 Å². The van der Waals surface area contributed by atoms with E-state index in [1.165, 1.54) is 5.57 Å². The van der Waals surface area contributed by atoms with Crippen molar-refractivity contribution in [2.75, 3.05) is 0 Å². The van der Waals surface area contributed by atoms with Gasteiger partial charge in [0.2, 0.25) is 0 Å². The largest absolute Gasteiger partial charge is 0.117 e. The lowest BCUT2D eigenvalue weighted by Gasteiger charge is -1.81. The molecular weight excluding hydrogens is 84.1 g/mol. The monoisotopic (exact) mass is 92.1 g/mol. The van der Waals surface area contributed by atoms with Crippen LogP contribution in [0, 0.1) is 0 Å². The molecule has 0 radical (unpaired) electrons. The summed E-state index contributed by atoms with van der Waals surface area (Å²) in [6.45, 7) is 2.13. The third-order valence-corrected chi connectivity index (χ3v) is 1.04. The smallest absolute Gasteiger partial charge is 0.00629 e. The predicted octanol–water partition coefficient (Wildman–Crippen LogP) is 2.05. The summed E-state index contributed by atoms with van der Waals surface area (Å²) in [7, 11) is 0. The summed E-state index contributed by atoms with van der Waals surface area (Å²) in [6.07, 6.45) is 7.14. The number of hydrogen-bond acceptors (Lipinski definition) is 0. The molecule has 0 atom stereocenters. The SMILES string of the molecule is CCC1=C=CC=C1. The molecule has 0 unspecified atom stereocenters. The van der Waals surface area contributed by atoms with Crippen molar-refractivity contribution in [2.24, 2.45) is 0 Å². The van der Waals surface area contributed by atoms with Gasteiger partial charge in [0.1, 0.15) is 0 Å². The fourth-order valence-corrected chi connectivity index (χ4v) is 0.587. The molecule has 0 nitrogen and oxygen atoms in total. The van der Waals surface area contributed by atoms with Gasteiger partial charge in [-0.25, -0.2) is 0 Å². The van der Waals surface area contributed by atoms with Crippen molar-refractivity contribution in [3.63, 3.8) is 0 Å². The Kier molecular flexibility index (Phi) is 1.14. The second-order valence-electron chi connectivity index (χ2n) is 1.55. The fraction of sp³-hybridized carbons (Fsp3) is 0.286. The van der Waals surface area contributed by atoms with Crippen LogP contribution < -0.4 is 0 Å². The van der Waals surface area contributed by atoms with Crippen molar-refractivity contribution >= 4 is 0 Å². The molecule has 0 heteroatoms. The topological polar surface area (TPSA) is 0 Å². The molecule has 0 bridgehead atoms. The molecule has 1 aliphatic carbocycles. The molecule has 0 fully saturated rings.